The monoisotopic (exact) mass is 511 g/mol. The molecule has 0 aliphatic carbocycles. The number of para-hydroxylation sites is 2. The van der Waals surface area contributed by atoms with E-state index in [2.05, 4.69) is 61.8 Å². The van der Waals surface area contributed by atoms with Crippen LogP contribution in [0.2, 0.25) is 0 Å². The third-order valence-electron chi connectivity index (χ3n) is 5.36. The van der Waals surface area contributed by atoms with Crippen LogP contribution in [0.15, 0.2) is 48.5 Å². The summed E-state index contributed by atoms with van der Waals surface area (Å²) in [4.78, 5) is 10.7. The van der Waals surface area contributed by atoms with E-state index in [1.54, 1.807) is 0 Å². The van der Waals surface area contributed by atoms with Gasteiger partial charge in [-0.1, -0.05) is 60.4 Å². The van der Waals surface area contributed by atoms with E-state index in [0.29, 0.717) is 18.0 Å². The van der Waals surface area contributed by atoms with E-state index >= 15 is 0 Å². The van der Waals surface area contributed by atoms with E-state index in [0.717, 1.165) is 22.4 Å². The maximum absolute atomic E-state index is 8.59. The fraction of sp³-hybridized carbons (Fsp3) is 0.481. The quantitative estimate of drug-likeness (QED) is 0.392. The van der Waals surface area contributed by atoms with Gasteiger partial charge in [0.15, 0.2) is 0 Å². The first-order valence-corrected chi connectivity index (χ1v) is 10.2. The summed E-state index contributed by atoms with van der Waals surface area (Å²) in [5.74, 6) is 1.64. The molecule has 1 saturated heterocycles. The van der Waals surface area contributed by atoms with Gasteiger partial charge in [0.25, 0.3) is 0 Å². The van der Waals surface area contributed by atoms with Gasteiger partial charge < -0.3 is 4.98 Å². The van der Waals surface area contributed by atoms with Crippen LogP contribution in [0.4, 0.5) is 0 Å². The second-order valence-corrected chi connectivity index (χ2v) is 8.02. The molecule has 1 unspecified atom stereocenters. The largest absolute Gasteiger partial charge is 0.341 e. The number of imidazole rings is 1. The second kappa shape index (κ2) is 15.3. The zero-order valence-electron chi connectivity index (χ0n) is 17.9. The number of hydrogen-bond acceptors (Lipinski definition) is 3. The van der Waals surface area contributed by atoms with E-state index in [9.17, 15) is 0 Å². The topological polar surface area (TPSA) is 55.7 Å². The average molecular weight is 512 g/mol. The molecule has 0 bridgehead atoms. The van der Waals surface area contributed by atoms with Crippen LogP contribution in [0.25, 0.3) is 11.0 Å². The third kappa shape index (κ3) is 8.11. The van der Waals surface area contributed by atoms with E-state index in [-0.39, 0.29) is 55.0 Å². The van der Waals surface area contributed by atoms with Crippen molar-refractivity contribution in [2.45, 2.75) is 80.8 Å². The number of benzene rings is 2. The molecule has 1 N–H and O–H groups in total. The van der Waals surface area contributed by atoms with Gasteiger partial charge in [-0.15, -0.1) is 0 Å². The molecule has 1 aliphatic rings. The van der Waals surface area contributed by atoms with Crippen LogP contribution in [0.3, 0.4) is 0 Å². The van der Waals surface area contributed by atoms with Gasteiger partial charge in [-0.3, -0.25) is 4.90 Å². The van der Waals surface area contributed by atoms with Crippen LogP contribution >= 0.6 is 0 Å². The number of hydrogen-bond donors (Lipinski definition) is 1. The fourth-order valence-corrected chi connectivity index (χ4v) is 3.80. The standard InChI is InChI=1S/C14H19N3.C10H11N.3CH4.Y/c1-10(2)17-9-5-8-13(17)14-15-11-6-3-4-7-12(11)16-14;1-8(2)10-5-3-4-9(6-10)7-11;;;;/h3-4,6-7,10,13H,5,8-9H2,1-2H3,(H,15,16);3-6,8H,1-2H3;3*1H4;. The maximum Gasteiger partial charge on any atom is 0.124 e. The first kappa shape index (κ1) is 32.6. The van der Waals surface area contributed by atoms with Crippen LogP contribution in [-0.2, 0) is 32.7 Å². The minimum atomic E-state index is 0. The summed E-state index contributed by atoms with van der Waals surface area (Å²) in [6.45, 7) is 9.97. The SMILES string of the molecule is C.C.C.CC(C)N1CCCC1c1nc2ccccc2[nH]1.CC(C)c1cccc(C#N)c1.[Y]. The van der Waals surface area contributed by atoms with Crippen LogP contribution in [-0.4, -0.2) is 27.5 Å². The number of aromatic nitrogens is 2. The predicted molar refractivity (Wildman–Crippen MR) is 135 cm³/mol. The molecule has 0 amide bonds. The Bertz CT molecular complexity index is 922. The molecular weight excluding hydrogens is 469 g/mol. The Morgan fingerprint density at radius 3 is 2.31 bits per heavy atom. The molecule has 2 aromatic carbocycles. The van der Waals surface area contributed by atoms with Crippen molar-refractivity contribution in [3.05, 3.63) is 65.5 Å². The Hall–Kier alpha value is -1.54. The molecule has 4 rings (SSSR count). The molecule has 1 aliphatic heterocycles. The zero-order valence-corrected chi connectivity index (χ0v) is 20.7. The van der Waals surface area contributed by atoms with E-state index in [1.165, 1.54) is 24.9 Å². The summed E-state index contributed by atoms with van der Waals surface area (Å²) in [6, 6.07) is 19.2. The molecule has 173 valence electrons. The summed E-state index contributed by atoms with van der Waals surface area (Å²) < 4.78 is 0. The van der Waals surface area contributed by atoms with E-state index in [4.69, 9.17) is 10.2 Å². The smallest absolute Gasteiger partial charge is 0.124 e. The minimum Gasteiger partial charge on any atom is -0.341 e. The van der Waals surface area contributed by atoms with Gasteiger partial charge in [0.2, 0.25) is 0 Å². The first-order chi connectivity index (χ1) is 13.5. The van der Waals surface area contributed by atoms with Gasteiger partial charge in [-0.25, -0.2) is 4.98 Å². The van der Waals surface area contributed by atoms with Crippen LogP contribution in [0, 0.1) is 11.3 Å². The van der Waals surface area contributed by atoms with Crippen LogP contribution in [0.5, 0.6) is 0 Å². The Labute approximate surface area is 221 Å². The summed E-state index contributed by atoms with van der Waals surface area (Å²) in [6.07, 6.45) is 2.50. The van der Waals surface area contributed by atoms with Gasteiger partial charge in [-0.2, -0.15) is 5.26 Å². The molecule has 3 aromatic rings. The molecule has 0 spiro atoms. The molecule has 1 radical (unpaired) electrons. The predicted octanol–water partition coefficient (Wildman–Crippen LogP) is 7.70. The Morgan fingerprint density at radius 2 is 1.72 bits per heavy atom. The number of likely N-dealkylation sites (tertiary alicyclic amines) is 1. The number of nitrogens with zero attached hydrogens (tertiary/aromatic N) is 3. The van der Waals surface area contributed by atoms with Gasteiger partial charge in [0.05, 0.1) is 28.7 Å². The molecule has 4 nitrogen and oxygen atoms in total. The van der Waals surface area contributed by atoms with E-state index < -0.39 is 0 Å². The van der Waals surface area contributed by atoms with Crippen molar-refractivity contribution < 1.29 is 32.7 Å². The first-order valence-electron chi connectivity index (χ1n) is 10.2. The van der Waals surface area contributed by atoms with Crippen molar-refractivity contribution in [2.75, 3.05) is 6.54 Å². The normalized spacial score (nSPS) is 14.8. The van der Waals surface area contributed by atoms with Crippen LogP contribution in [0.1, 0.15) is 91.7 Å². The fourth-order valence-electron chi connectivity index (χ4n) is 3.80. The molecule has 1 fully saturated rings. The number of nitriles is 1. The molecule has 0 saturated carbocycles. The number of fused-ring (bicyclic) bond motifs is 1. The summed E-state index contributed by atoms with van der Waals surface area (Å²) in [7, 11) is 0. The third-order valence-corrected chi connectivity index (χ3v) is 5.36. The van der Waals surface area contributed by atoms with Gasteiger partial charge >= 0.3 is 0 Å². The molecule has 5 heteroatoms. The Morgan fingerprint density at radius 1 is 1.03 bits per heavy atom. The van der Waals surface area contributed by atoms with Crippen molar-refractivity contribution in [1.82, 2.24) is 14.9 Å². The minimum absolute atomic E-state index is 0. The van der Waals surface area contributed by atoms with Crippen molar-refractivity contribution in [3.63, 3.8) is 0 Å². The van der Waals surface area contributed by atoms with Crippen molar-refractivity contribution in [2.24, 2.45) is 0 Å². The molecular formula is C27H42N4Y. The van der Waals surface area contributed by atoms with Gasteiger partial charge in [-0.05, 0) is 69.0 Å². The zero-order chi connectivity index (χ0) is 20.1. The van der Waals surface area contributed by atoms with Gasteiger partial charge in [0, 0.05) is 38.8 Å². The molecule has 32 heavy (non-hydrogen) atoms. The Balaban J connectivity index is 0. The second-order valence-electron chi connectivity index (χ2n) is 8.02. The van der Waals surface area contributed by atoms with Crippen molar-refractivity contribution >= 4 is 11.0 Å². The molecule has 1 atom stereocenters. The Kier molecular flexibility index (Phi) is 15.6. The van der Waals surface area contributed by atoms with Crippen molar-refractivity contribution in [3.8, 4) is 6.07 Å². The molecule has 1 aromatic heterocycles. The summed E-state index contributed by atoms with van der Waals surface area (Å²) in [5.41, 5.74) is 4.21. The average Bonchev–Trinajstić information content (AvgIpc) is 3.35. The van der Waals surface area contributed by atoms with Crippen LogP contribution < -0.4 is 0 Å². The van der Waals surface area contributed by atoms with Gasteiger partial charge in [0.1, 0.15) is 5.82 Å². The summed E-state index contributed by atoms with van der Waals surface area (Å²) >= 11 is 0. The summed E-state index contributed by atoms with van der Waals surface area (Å²) in [5, 5.41) is 8.59. The number of aromatic amines is 1. The maximum atomic E-state index is 8.59. The number of H-pyrrole nitrogens is 1. The number of rotatable bonds is 3. The molecule has 2 heterocycles. The van der Waals surface area contributed by atoms with E-state index in [1.807, 2.05) is 30.3 Å². The van der Waals surface area contributed by atoms with Crippen molar-refractivity contribution in [1.29, 1.82) is 5.26 Å². The number of nitrogens with one attached hydrogen (secondary N) is 1.